The summed E-state index contributed by atoms with van der Waals surface area (Å²) in [5.74, 6) is 3.74. The maximum Gasteiger partial charge on any atom is 0.276 e. The largest absolute Gasteiger partial charge is 0.497 e. The summed E-state index contributed by atoms with van der Waals surface area (Å²) in [6.07, 6.45) is 6.72. The zero-order chi connectivity index (χ0) is 16.1. The van der Waals surface area contributed by atoms with E-state index in [0.717, 1.165) is 17.2 Å². The molecule has 6 heteroatoms. The molecule has 0 bridgehead atoms. The topological polar surface area (TPSA) is 57.4 Å². The fourth-order valence-corrected chi connectivity index (χ4v) is 3.81. The van der Waals surface area contributed by atoms with Crippen LogP contribution in [0.5, 0.6) is 11.5 Å². The van der Waals surface area contributed by atoms with E-state index in [1.165, 1.54) is 32.1 Å². The fourth-order valence-electron chi connectivity index (χ4n) is 2.86. The van der Waals surface area contributed by atoms with Crippen molar-refractivity contribution in [2.75, 3.05) is 20.0 Å². The van der Waals surface area contributed by atoms with Crippen LogP contribution in [-0.4, -0.2) is 30.2 Å². The molecule has 1 aromatic carbocycles. The third-order valence-corrected chi connectivity index (χ3v) is 5.22. The highest BCUT2D eigenvalue weighted by molar-refractivity contribution is 7.99. The van der Waals surface area contributed by atoms with Crippen molar-refractivity contribution < 1.29 is 13.9 Å². The average molecular weight is 334 g/mol. The summed E-state index contributed by atoms with van der Waals surface area (Å²) in [5, 5.41) is 8.94. The normalized spacial score (nSPS) is 15.6. The molecular weight excluding hydrogens is 312 g/mol. The van der Waals surface area contributed by atoms with Crippen LogP contribution in [0.4, 0.5) is 0 Å². The zero-order valence-corrected chi connectivity index (χ0v) is 14.4. The number of ether oxygens (including phenoxy) is 2. The van der Waals surface area contributed by atoms with E-state index in [0.29, 0.717) is 22.6 Å². The number of benzene rings is 1. The fraction of sp³-hybridized carbons (Fsp3) is 0.529. The molecule has 1 aliphatic carbocycles. The van der Waals surface area contributed by atoms with Gasteiger partial charge in [0.2, 0.25) is 5.89 Å². The van der Waals surface area contributed by atoms with Crippen molar-refractivity contribution >= 4 is 11.8 Å². The minimum absolute atomic E-state index is 0.494. The van der Waals surface area contributed by atoms with E-state index >= 15 is 0 Å². The van der Waals surface area contributed by atoms with E-state index in [4.69, 9.17) is 13.9 Å². The van der Waals surface area contributed by atoms with Crippen LogP contribution in [0.15, 0.2) is 27.8 Å². The van der Waals surface area contributed by atoms with E-state index in [9.17, 15) is 0 Å². The first kappa shape index (κ1) is 16.2. The summed E-state index contributed by atoms with van der Waals surface area (Å²) in [6, 6.07) is 5.55. The molecule has 1 aromatic heterocycles. The number of hydrogen-bond donors (Lipinski definition) is 0. The van der Waals surface area contributed by atoms with Gasteiger partial charge in [-0.05, 0) is 30.9 Å². The van der Waals surface area contributed by atoms with Gasteiger partial charge >= 0.3 is 0 Å². The van der Waals surface area contributed by atoms with Gasteiger partial charge in [-0.15, -0.1) is 10.2 Å². The lowest BCUT2D eigenvalue weighted by atomic mass is 9.91. The Labute approximate surface area is 140 Å². The molecule has 1 saturated carbocycles. The van der Waals surface area contributed by atoms with Gasteiger partial charge in [-0.1, -0.05) is 31.0 Å². The van der Waals surface area contributed by atoms with Crippen LogP contribution in [0, 0.1) is 5.92 Å². The van der Waals surface area contributed by atoms with Crippen molar-refractivity contribution in [1.82, 2.24) is 10.2 Å². The van der Waals surface area contributed by atoms with Crippen LogP contribution in [0.1, 0.15) is 32.1 Å². The SMILES string of the molecule is COc1cc(OC)cc(-c2nnc(SCC3CCCCC3)o2)c1. The molecule has 0 amide bonds. The molecule has 1 heterocycles. The predicted octanol–water partition coefficient (Wildman–Crippen LogP) is 4.43. The number of aromatic nitrogens is 2. The number of rotatable bonds is 6. The summed E-state index contributed by atoms with van der Waals surface area (Å²) >= 11 is 1.66. The molecule has 0 atom stereocenters. The van der Waals surface area contributed by atoms with Crippen LogP contribution >= 0.6 is 11.8 Å². The van der Waals surface area contributed by atoms with Gasteiger partial charge in [-0.3, -0.25) is 0 Å². The van der Waals surface area contributed by atoms with Gasteiger partial charge in [-0.25, -0.2) is 0 Å². The standard InChI is InChI=1S/C17H22N2O3S/c1-20-14-8-13(9-15(10-14)21-2)16-18-19-17(22-16)23-11-12-6-4-3-5-7-12/h8-10,12H,3-7,11H2,1-2H3. The number of hydrogen-bond acceptors (Lipinski definition) is 6. The van der Waals surface area contributed by atoms with Crippen molar-refractivity contribution in [1.29, 1.82) is 0 Å². The molecule has 5 nitrogen and oxygen atoms in total. The van der Waals surface area contributed by atoms with E-state index in [-0.39, 0.29) is 0 Å². The maximum absolute atomic E-state index is 5.79. The van der Waals surface area contributed by atoms with Gasteiger partial charge in [0.15, 0.2) is 0 Å². The van der Waals surface area contributed by atoms with Crippen LogP contribution < -0.4 is 9.47 Å². The molecule has 0 aliphatic heterocycles. The summed E-state index contributed by atoms with van der Waals surface area (Å²) in [6.45, 7) is 0. The molecule has 3 rings (SSSR count). The smallest absolute Gasteiger partial charge is 0.276 e. The lowest BCUT2D eigenvalue weighted by Gasteiger charge is -2.19. The Morgan fingerprint density at radius 2 is 1.74 bits per heavy atom. The minimum atomic E-state index is 0.494. The average Bonchev–Trinajstić information content (AvgIpc) is 3.09. The van der Waals surface area contributed by atoms with E-state index in [2.05, 4.69) is 10.2 Å². The highest BCUT2D eigenvalue weighted by Gasteiger charge is 2.16. The first-order chi connectivity index (χ1) is 11.3. The lowest BCUT2D eigenvalue weighted by molar-refractivity contribution is 0.388. The van der Waals surface area contributed by atoms with Gasteiger partial charge < -0.3 is 13.9 Å². The Morgan fingerprint density at radius 1 is 1.04 bits per heavy atom. The predicted molar refractivity (Wildman–Crippen MR) is 90.1 cm³/mol. The van der Waals surface area contributed by atoms with Crippen LogP contribution in [0.2, 0.25) is 0 Å². The van der Waals surface area contributed by atoms with Crippen LogP contribution in [0.3, 0.4) is 0 Å². The Morgan fingerprint density at radius 3 is 2.39 bits per heavy atom. The van der Waals surface area contributed by atoms with Crippen molar-refractivity contribution in [3.05, 3.63) is 18.2 Å². The molecule has 124 valence electrons. The number of nitrogens with zero attached hydrogens (tertiary/aromatic N) is 2. The molecule has 0 spiro atoms. The molecular formula is C17H22N2O3S. The number of thioether (sulfide) groups is 1. The van der Waals surface area contributed by atoms with Gasteiger partial charge in [0.1, 0.15) is 11.5 Å². The zero-order valence-electron chi connectivity index (χ0n) is 13.6. The van der Waals surface area contributed by atoms with E-state index in [1.807, 2.05) is 18.2 Å². The van der Waals surface area contributed by atoms with Crippen molar-refractivity contribution in [3.63, 3.8) is 0 Å². The van der Waals surface area contributed by atoms with Crippen LogP contribution in [0.25, 0.3) is 11.5 Å². The Balaban J connectivity index is 1.68. The second-order valence-electron chi connectivity index (χ2n) is 5.79. The first-order valence-corrected chi connectivity index (χ1v) is 8.97. The molecule has 1 fully saturated rings. The quantitative estimate of drug-likeness (QED) is 0.729. The highest BCUT2D eigenvalue weighted by Crippen LogP contribution is 2.32. The van der Waals surface area contributed by atoms with Gasteiger partial charge in [0.25, 0.3) is 5.22 Å². The summed E-state index contributed by atoms with van der Waals surface area (Å²) in [4.78, 5) is 0. The van der Waals surface area contributed by atoms with Crippen molar-refractivity contribution in [2.45, 2.75) is 37.3 Å². The highest BCUT2D eigenvalue weighted by atomic mass is 32.2. The Bertz CT molecular complexity index is 616. The second kappa shape index (κ2) is 7.73. The van der Waals surface area contributed by atoms with Crippen molar-refractivity contribution in [2.24, 2.45) is 5.92 Å². The molecule has 2 aromatic rings. The molecule has 1 aliphatic rings. The maximum atomic E-state index is 5.79. The van der Waals surface area contributed by atoms with Gasteiger partial charge in [0.05, 0.1) is 14.2 Å². The van der Waals surface area contributed by atoms with Gasteiger partial charge in [0, 0.05) is 17.4 Å². The molecule has 0 saturated heterocycles. The summed E-state index contributed by atoms with van der Waals surface area (Å²) in [5.41, 5.74) is 0.804. The summed E-state index contributed by atoms with van der Waals surface area (Å²) < 4.78 is 16.3. The third-order valence-electron chi connectivity index (χ3n) is 4.17. The summed E-state index contributed by atoms with van der Waals surface area (Å²) in [7, 11) is 3.25. The van der Waals surface area contributed by atoms with Crippen LogP contribution in [-0.2, 0) is 0 Å². The second-order valence-corrected chi connectivity index (χ2v) is 6.76. The van der Waals surface area contributed by atoms with Gasteiger partial charge in [-0.2, -0.15) is 0 Å². The monoisotopic (exact) mass is 334 g/mol. The third kappa shape index (κ3) is 4.19. The Hall–Kier alpha value is -1.69. The number of methoxy groups -OCH3 is 2. The molecule has 0 unspecified atom stereocenters. The van der Waals surface area contributed by atoms with Crippen molar-refractivity contribution in [3.8, 4) is 23.0 Å². The van der Waals surface area contributed by atoms with E-state index in [1.54, 1.807) is 26.0 Å². The lowest BCUT2D eigenvalue weighted by Crippen LogP contribution is -2.08. The molecule has 0 radical (unpaired) electrons. The molecule has 0 N–H and O–H groups in total. The van der Waals surface area contributed by atoms with E-state index < -0.39 is 0 Å². The first-order valence-electron chi connectivity index (χ1n) is 7.98. The molecule has 23 heavy (non-hydrogen) atoms. The minimum Gasteiger partial charge on any atom is -0.497 e. The Kier molecular flexibility index (Phi) is 5.43.